The predicted molar refractivity (Wildman–Crippen MR) is 143 cm³/mol. The van der Waals surface area contributed by atoms with Crippen molar-refractivity contribution in [2.45, 2.75) is 25.7 Å². The first-order valence-corrected chi connectivity index (χ1v) is 12.9. The third-order valence-electron chi connectivity index (χ3n) is 8.19. The lowest BCUT2D eigenvalue weighted by Gasteiger charge is -2.45. The molecule has 2 atom stereocenters. The van der Waals surface area contributed by atoms with Crippen LogP contribution in [0.5, 0.6) is 5.75 Å². The minimum atomic E-state index is -0.534. The Balaban J connectivity index is 1.26. The van der Waals surface area contributed by atoms with Crippen LogP contribution in [-0.4, -0.2) is 17.8 Å². The van der Waals surface area contributed by atoms with Gasteiger partial charge in [-0.3, -0.25) is 9.59 Å². The summed E-state index contributed by atoms with van der Waals surface area (Å²) in [6.45, 7) is 3.89. The average molecular weight is 500 g/mol. The smallest absolute Gasteiger partial charge is 0.343 e. The maximum absolute atomic E-state index is 14.0. The van der Waals surface area contributed by atoms with Crippen molar-refractivity contribution < 1.29 is 19.1 Å². The van der Waals surface area contributed by atoms with Crippen molar-refractivity contribution in [3.8, 4) is 5.75 Å². The number of benzene rings is 4. The normalized spacial score (nSPS) is 22.6. The molecule has 0 spiro atoms. The van der Waals surface area contributed by atoms with Gasteiger partial charge in [0, 0.05) is 11.8 Å². The SMILES string of the molecule is Cc1cc(C)cc(OC(=O)c2cccc(N3C(=O)[C@@H]4C5c6ccccc6C(c6ccccc65)[C@@H]4C3=O)c2)c1. The van der Waals surface area contributed by atoms with Crippen LogP contribution in [0.15, 0.2) is 91.0 Å². The second-order valence-electron chi connectivity index (χ2n) is 10.5. The standard InChI is InChI=1S/C33H25NO4/c1-18-14-19(2)16-22(15-18)38-33(37)20-8-7-9-21(17-20)34-31(35)29-27-23-10-3-4-11-24(23)28(30(29)32(34)36)26-13-6-5-12-25(26)27/h3-17,27-30H,1-2H3/t27?,28?,29-,30+. The minimum absolute atomic E-state index is 0.170. The van der Waals surface area contributed by atoms with Crippen molar-refractivity contribution in [2.24, 2.45) is 11.8 Å². The first kappa shape index (κ1) is 22.7. The highest BCUT2D eigenvalue weighted by molar-refractivity contribution is 6.23. The Labute approximate surface area is 220 Å². The van der Waals surface area contributed by atoms with Crippen LogP contribution < -0.4 is 9.64 Å². The number of ether oxygens (including phenoxy) is 1. The molecule has 0 N–H and O–H groups in total. The average Bonchev–Trinajstić information content (AvgIpc) is 3.18. The summed E-state index contributed by atoms with van der Waals surface area (Å²) in [5.41, 5.74) is 7.20. The number of esters is 1. The fourth-order valence-electron chi connectivity index (χ4n) is 6.86. The minimum Gasteiger partial charge on any atom is -0.423 e. The van der Waals surface area contributed by atoms with Crippen LogP contribution >= 0.6 is 0 Å². The number of anilines is 1. The molecule has 2 amide bonds. The number of hydrogen-bond donors (Lipinski definition) is 0. The van der Waals surface area contributed by atoms with Crippen LogP contribution in [0.4, 0.5) is 5.69 Å². The molecule has 1 saturated heterocycles. The topological polar surface area (TPSA) is 63.7 Å². The molecule has 186 valence electrons. The summed E-state index contributed by atoms with van der Waals surface area (Å²) < 4.78 is 5.63. The number of amides is 2. The Bertz CT molecular complexity index is 1540. The maximum atomic E-state index is 14.0. The van der Waals surface area contributed by atoms with E-state index in [9.17, 15) is 14.4 Å². The Morgan fingerprint density at radius 3 is 1.66 bits per heavy atom. The van der Waals surface area contributed by atoms with Crippen molar-refractivity contribution >= 4 is 23.5 Å². The maximum Gasteiger partial charge on any atom is 0.343 e. The van der Waals surface area contributed by atoms with Crippen molar-refractivity contribution in [3.63, 3.8) is 0 Å². The zero-order valence-corrected chi connectivity index (χ0v) is 21.0. The second kappa shape index (κ2) is 8.25. The Kier molecular flexibility index (Phi) is 4.92. The van der Waals surface area contributed by atoms with Gasteiger partial charge in [0.15, 0.2) is 0 Å². The zero-order chi connectivity index (χ0) is 26.1. The van der Waals surface area contributed by atoms with Crippen molar-refractivity contribution in [3.05, 3.63) is 130 Å². The Hall–Kier alpha value is -4.51. The summed E-state index contributed by atoms with van der Waals surface area (Å²) in [6.07, 6.45) is 0. The lowest BCUT2D eigenvalue weighted by atomic mass is 9.55. The van der Waals surface area contributed by atoms with Gasteiger partial charge in [-0.05, 0) is 77.6 Å². The number of aryl methyl sites for hydroxylation is 2. The van der Waals surface area contributed by atoms with Crippen molar-refractivity contribution in [2.75, 3.05) is 4.90 Å². The second-order valence-corrected chi connectivity index (χ2v) is 10.5. The lowest BCUT2D eigenvalue weighted by molar-refractivity contribution is -0.122. The van der Waals surface area contributed by atoms with Gasteiger partial charge in [-0.25, -0.2) is 9.69 Å². The molecule has 1 heterocycles. The van der Waals surface area contributed by atoms with Gasteiger partial charge in [-0.2, -0.15) is 0 Å². The molecule has 4 aromatic rings. The van der Waals surface area contributed by atoms with E-state index in [4.69, 9.17) is 4.74 Å². The number of imide groups is 1. The molecule has 0 saturated carbocycles. The molecule has 4 aromatic carbocycles. The number of nitrogens with zero attached hydrogens (tertiary/aromatic N) is 1. The highest BCUT2D eigenvalue weighted by atomic mass is 16.5. The van der Waals surface area contributed by atoms with Crippen LogP contribution in [0.2, 0.25) is 0 Å². The molecule has 8 rings (SSSR count). The predicted octanol–water partition coefficient (Wildman–Crippen LogP) is 5.92. The van der Waals surface area contributed by atoms with Crippen LogP contribution in [0, 0.1) is 25.7 Å². The van der Waals surface area contributed by atoms with Crippen molar-refractivity contribution in [1.82, 2.24) is 0 Å². The Morgan fingerprint density at radius 1 is 0.658 bits per heavy atom. The fourth-order valence-corrected chi connectivity index (χ4v) is 6.86. The van der Waals surface area contributed by atoms with Gasteiger partial charge in [-0.15, -0.1) is 0 Å². The molecule has 0 aromatic heterocycles. The molecule has 1 aliphatic heterocycles. The number of carbonyl (C=O) groups is 3. The summed E-state index contributed by atoms with van der Waals surface area (Å²) in [7, 11) is 0. The van der Waals surface area contributed by atoms with Gasteiger partial charge in [-0.1, -0.05) is 60.7 Å². The molecule has 0 unspecified atom stereocenters. The van der Waals surface area contributed by atoms with E-state index in [0.717, 1.165) is 33.4 Å². The van der Waals surface area contributed by atoms with E-state index in [1.807, 2.05) is 44.2 Å². The molecule has 5 nitrogen and oxygen atoms in total. The van der Waals surface area contributed by atoms with Gasteiger partial charge < -0.3 is 4.74 Å². The molecular weight excluding hydrogens is 474 g/mol. The molecule has 3 aliphatic carbocycles. The first-order chi connectivity index (χ1) is 18.4. The molecule has 2 bridgehead atoms. The van der Waals surface area contributed by atoms with Gasteiger partial charge in [0.2, 0.25) is 11.8 Å². The summed E-state index contributed by atoms with van der Waals surface area (Å²) in [5, 5.41) is 0. The number of rotatable bonds is 3. The van der Waals surface area contributed by atoms with Crippen LogP contribution in [0.25, 0.3) is 0 Å². The van der Waals surface area contributed by atoms with Gasteiger partial charge in [0.1, 0.15) is 5.75 Å². The van der Waals surface area contributed by atoms with Gasteiger partial charge in [0.05, 0.1) is 23.1 Å². The zero-order valence-electron chi connectivity index (χ0n) is 21.0. The summed E-state index contributed by atoms with van der Waals surface area (Å²) >= 11 is 0. The summed E-state index contributed by atoms with van der Waals surface area (Å²) in [4.78, 5) is 42.3. The monoisotopic (exact) mass is 499 g/mol. The van der Waals surface area contributed by atoms with E-state index in [0.29, 0.717) is 11.4 Å². The molecular formula is C33H25NO4. The Morgan fingerprint density at radius 2 is 1.16 bits per heavy atom. The number of hydrogen-bond acceptors (Lipinski definition) is 4. The fraction of sp³-hybridized carbons (Fsp3) is 0.182. The largest absolute Gasteiger partial charge is 0.423 e. The highest BCUT2D eigenvalue weighted by Gasteiger charge is 2.61. The third-order valence-corrected chi connectivity index (χ3v) is 8.19. The molecule has 1 fully saturated rings. The molecule has 4 aliphatic rings. The molecule has 0 radical (unpaired) electrons. The van der Waals surface area contributed by atoms with Gasteiger partial charge >= 0.3 is 5.97 Å². The third kappa shape index (κ3) is 3.21. The van der Waals surface area contributed by atoms with E-state index >= 15 is 0 Å². The summed E-state index contributed by atoms with van der Waals surface area (Å²) in [5.74, 6) is -1.77. The number of carbonyl (C=O) groups excluding carboxylic acids is 3. The van der Waals surface area contributed by atoms with Crippen LogP contribution in [0.1, 0.15) is 55.6 Å². The van der Waals surface area contributed by atoms with E-state index in [-0.39, 0.29) is 29.2 Å². The molecule has 5 heteroatoms. The van der Waals surface area contributed by atoms with E-state index in [1.54, 1.807) is 36.4 Å². The van der Waals surface area contributed by atoms with E-state index in [2.05, 4.69) is 24.3 Å². The van der Waals surface area contributed by atoms with Gasteiger partial charge in [0.25, 0.3) is 0 Å². The van der Waals surface area contributed by atoms with Crippen LogP contribution in [0.3, 0.4) is 0 Å². The van der Waals surface area contributed by atoms with Crippen LogP contribution in [-0.2, 0) is 9.59 Å². The summed E-state index contributed by atoms with van der Waals surface area (Å²) in [6, 6.07) is 28.6. The quantitative estimate of drug-likeness (QED) is 0.199. The molecule has 38 heavy (non-hydrogen) atoms. The lowest BCUT2D eigenvalue weighted by Crippen LogP contribution is -2.41. The van der Waals surface area contributed by atoms with E-state index < -0.39 is 17.8 Å². The van der Waals surface area contributed by atoms with E-state index in [1.165, 1.54) is 4.90 Å². The highest BCUT2D eigenvalue weighted by Crippen LogP contribution is 2.61. The first-order valence-electron chi connectivity index (χ1n) is 12.9. The van der Waals surface area contributed by atoms with Crippen molar-refractivity contribution in [1.29, 1.82) is 0 Å².